The average molecular weight is 382 g/mol. The molecule has 96 valence electrons. The molecule has 2 aliphatic carbocycles. The molecular weight excluding hydrogens is 372 g/mol. The zero-order chi connectivity index (χ0) is 13.6. The fraction of sp³-hybridized carbons (Fsp3) is 0.133. The molecule has 0 radical (unpaired) electrons. The summed E-state index contributed by atoms with van der Waals surface area (Å²) in [5.74, 6) is -0.757. The van der Waals surface area contributed by atoms with Crippen LogP contribution >= 0.6 is 31.9 Å². The topological polar surface area (TPSA) is 37.3 Å². The first-order chi connectivity index (χ1) is 9.06. The van der Waals surface area contributed by atoms with E-state index in [0.29, 0.717) is 0 Å². The second-order valence-electron chi connectivity index (χ2n) is 4.62. The van der Waals surface area contributed by atoms with Crippen LogP contribution in [-0.4, -0.2) is 11.1 Å². The van der Waals surface area contributed by atoms with Gasteiger partial charge >= 0.3 is 5.97 Å². The van der Waals surface area contributed by atoms with Crippen molar-refractivity contribution in [3.05, 3.63) is 56.5 Å². The lowest BCUT2D eigenvalue weighted by atomic mass is 9.89. The van der Waals surface area contributed by atoms with Gasteiger partial charge in [-0.25, -0.2) is 4.79 Å². The van der Waals surface area contributed by atoms with Crippen LogP contribution < -0.4 is 0 Å². The molecule has 0 bridgehead atoms. The van der Waals surface area contributed by atoms with Crippen LogP contribution in [0.1, 0.15) is 17.5 Å². The number of hydrogen-bond donors (Lipinski definition) is 1. The van der Waals surface area contributed by atoms with Crippen LogP contribution in [0.2, 0.25) is 0 Å². The minimum Gasteiger partial charge on any atom is -0.478 e. The molecule has 0 heterocycles. The first-order valence-electron chi connectivity index (χ1n) is 5.87. The quantitative estimate of drug-likeness (QED) is 0.721. The van der Waals surface area contributed by atoms with Gasteiger partial charge in [0.2, 0.25) is 0 Å². The minimum atomic E-state index is -0.896. The third kappa shape index (κ3) is 2.23. The van der Waals surface area contributed by atoms with Crippen molar-refractivity contribution < 1.29 is 9.90 Å². The van der Waals surface area contributed by atoms with Crippen LogP contribution in [-0.2, 0) is 4.79 Å². The predicted octanol–water partition coefficient (Wildman–Crippen LogP) is 4.61. The molecule has 0 amide bonds. The molecule has 3 rings (SSSR count). The molecule has 0 aliphatic heterocycles. The van der Waals surface area contributed by atoms with Crippen molar-refractivity contribution in [1.29, 1.82) is 0 Å². The summed E-state index contributed by atoms with van der Waals surface area (Å²) in [7, 11) is 0. The molecule has 1 unspecified atom stereocenters. The standard InChI is InChI=1S/C15H10Br2O2/c16-8-1-3-10-11-4-2-9(17)6-13(11)14(7-15(18)19)12(10)5-8/h1-5,7,13H,6H2,(H,18,19)/b14-7+. The summed E-state index contributed by atoms with van der Waals surface area (Å²) < 4.78 is 2.07. The average Bonchev–Trinajstić information content (AvgIpc) is 2.62. The SMILES string of the molecule is O=C(O)/C=C1\c2cc(Br)ccc2C2=CC=C(Br)CC21. The lowest BCUT2D eigenvalue weighted by Gasteiger charge is -2.17. The maximum atomic E-state index is 11.1. The molecule has 2 nitrogen and oxygen atoms in total. The van der Waals surface area contributed by atoms with Crippen LogP contribution in [0, 0.1) is 5.92 Å². The summed E-state index contributed by atoms with van der Waals surface area (Å²) >= 11 is 6.96. The first-order valence-corrected chi connectivity index (χ1v) is 7.46. The van der Waals surface area contributed by atoms with Gasteiger partial charge in [0.1, 0.15) is 0 Å². The third-order valence-electron chi connectivity index (χ3n) is 3.48. The fourth-order valence-electron chi connectivity index (χ4n) is 2.73. The van der Waals surface area contributed by atoms with E-state index < -0.39 is 5.97 Å². The van der Waals surface area contributed by atoms with Crippen molar-refractivity contribution in [2.75, 3.05) is 0 Å². The third-order valence-corrected chi connectivity index (χ3v) is 4.56. The van der Waals surface area contributed by atoms with Crippen LogP contribution in [0.5, 0.6) is 0 Å². The highest BCUT2D eigenvalue weighted by Gasteiger charge is 2.33. The Bertz CT molecular complexity index is 669. The molecule has 1 aromatic carbocycles. The van der Waals surface area contributed by atoms with Gasteiger partial charge in [-0.05, 0) is 45.3 Å². The maximum absolute atomic E-state index is 11.1. The smallest absolute Gasteiger partial charge is 0.328 e. The van der Waals surface area contributed by atoms with Gasteiger partial charge in [-0.2, -0.15) is 0 Å². The monoisotopic (exact) mass is 380 g/mol. The van der Waals surface area contributed by atoms with E-state index in [2.05, 4.69) is 37.9 Å². The van der Waals surface area contributed by atoms with Gasteiger partial charge in [0.25, 0.3) is 0 Å². The minimum absolute atomic E-state index is 0.139. The van der Waals surface area contributed by atoms with Gasteiger partial charge in [0, 0.05) is 16.5 Å². The number of carbonyl (C=O) groups is 1. The first kappa shape index (κ1) is 12.9. The van der Waals surface area contributed by atoms with Gasteiger partial charge in [0.05, 0.1) is 0 Å². The molecule has 0 fully saturated rings. The number of carboxylic acids is 1. The highest BCUT2D eigenvalue weighted by Crippen LogP contribution is 2.51. The number of rotatable bonds is 1. The Hall–Kier alpha value is -1.13. The van der Waals surface area contributed by atoms with Gasteiger partial charge in [0.15, 0.2) is 0 Å². The van der Waals surface area contributed by atoms with Crippen LogP contribution in [0.3, 0.4) is 0 Å². The molecule has 0 aromatic heterocycles. The molecule has 0 spiro atoms. The van der Waals surface area contributed by atoms with Crippen LogP contribution in [0.15, 0.2) is 45.4 Å². The fourth-order valence-corrected chi connectivity index (χ4v) is 3.55. The lowest BCUT2D eigenvalue weighted by molar-refractivity contribution is -0.131. The Kier molecular flexibility index (Phi) is 3.23. The Morgan fingerprint density at radius 1 is 1.26 bits per heavy atom. The highest BCUT2D eigenvalue weighted by molar-refractivity contribution is 9.11. The van der Waals surface area contributed by atoms with E-state index in [9.17, 15) is 4.79 Å². The van der Waals surface area contributed by atoms with E-state index in [0.717, 1.165) is 32.1 Å². The molecule has 4 heteroatoms. The zero-order valence-electron chi connectivity index (χ0n) is 9.86. The van der Waals surface area contributed by atoms with E-state index in [4.69, 9.17) is 5.11 Å². The molecule has 19 heavy (non-hydrogen) atoms. The van der Waals surface area contributed by atoms with Crippen molar-refractivity contribution in [3.8, 4) is 0 Å². The van der Waals surface area contributed by atoms with Gasteiger partial charge in [-0.15, -0.1) is 0 Å². The Morgan fingerprint density at radius 2 is 2.05 bits per heavy atom. The molecule has 1 atom stereocenters. The predicted molar refractivity (Wildman–Crippen MR) is 82.8 cm³/mol. The number of halogens is 2. The summed E-state index contributed by atoms with van der Waals surface area (Å²) in [6, 6.07) is 6.04. The van der Waals surface area contributed by atoms with Gasteiger partial charge < -0.3 is 5.11 Å². The van der Waals surface area contributed by atoms with E-state index in [1.165, 1.54) is 11.6 Å². The van der Waals surface area contributed by atoms with Crippen LogP contribution in [0.4, 0.5) is 0 Å². The van der Waals surface area contributed by atoms with E-state index >= 15 is 0 Å². The largest absolute Gasteiger partial charge is 0.478 e. The number of hydrogen-bond acceptors (Lipinski definition) is 1. The van der Waals surface area contributed by atoms with Gasteiger partial charge in [-0.3, -0.25) is 0 Å². The highest BCUT2D eigenvalue weighted by atomic mass is 79.9. The number of benzene rings is 1. The molecule has 2 aliphatic rings. The normalized spacial score (nSPS) is 22.6. The molecule has 0 saturated heterocycles. The number of allylic oxidation sites excluding steroid dienone is 5. The number of aliphatic carboxylic acids is 1. The Morgan fingerprint density at radius 3 is 2.79 bits per heavy atom. The Balaban J connectivity index is 2.23. The summed E-state index contributed by atoms with van der Waals surface area (Å²) in [5, 5.41) is 9.09. The van der Waals surface area contributed by atoms with Crippen molar-refractivity contribution in [2.45, 2.75) is 6.42 Å². The number of fused-ring (bicyclic) bond motifs is 3. The zero-order valence-corrected chi connectivity index (χ0v) is 13.0. The van der Waals surface area contributed by atoms with Gasteiger partial charge in [-0.1, -0.05) is 50.1 Å². The molecule has 0 saturated carbocycles. The Labute approximate surface area is 127 Å². The van der Waals surface area contributed by atoms with E-state index in [1.54, 1.807) is 0 Å². The second-order valence-corrected chi connectivity index (χ2v) is 6.55. The van der Waals surface area contributed by atoms with Crippen molar-refractivity contribution in [3.63, 3.8) is 0 Å². The van der Waals surface area contributed by atoms with E-state index in [-0.39, 0.29) is 5.92 Å². The second kappa shape index (κ2) is 4.76. The summed E-state index contributed by atoms with van der Waals surface area (Å²) in [6.45, 7) is 0. The lowest BCUT2D eigenvalue weighted by Crippen LogP contribution is -2.03. The van der Waals surface area contributed by atoms with E-state index in [1.807, 2.05) is 24.3 Å². The molecule has 1 aromatic rings. The molecule has 1 N–H and O–H groups in total. The van der Waals surface area contributed by atoms with Crippen LogP contribution in [0.25, 0.3) is 11.1 Å². The summed E-state index contributed by atoms with van der Waals surface area (Å²) in [5.41, 5.74) is 4.25. The summed E-state index contributed by atoms with van der Waals surface area (Å²) in [4.78, 5) is 11.1. The number of carboxylic acid groups (broad SMARTS) is 1. The van der Waals surface area contributed by atoms with Crippen molar-refractivity contribution in [2.24, 2.45) is 5.92 Å². The maximum Gasteiger partial charge on any atom is 0.328 e. The van der Waals surface area contributed by atoms with Crippen molar-refractivity contribution >= 4 is 49.0 Å². The molecular formula is C15H10Br2O2. The van der Waals surface area contributed by atoms with Crippen molar-refractivity contribution in [1.82, 2.24) is 0 Å². The summed E-state index contributed by atoms with van der Waals surface area (Å²) in [6.07, 6.45) is 6.27.